The first-order chi connectivity index (χ1) is 13.6. The van der Waals surface area contributed by atoms with Gasteiger partial charge in [-0.25, -0.2) is 4.79 Å². The molecule has 1 fully saturated rings. The molecular formula is C22H27ClN2O4. The summed E-state index contributed by atoms with van der Waals surface area (Å²) in [7, 11) is 1.32. The van der Waals surface area contributed by atoms with Crippen molar-refractivity contribution < 1.29 is 19.1 Å². The van der Waals surface area contributed by atoms with Crippen LogP contribution in [0.1, 0.15) is 41.6 Å². The third-order valence-electron chi connectivity index (χ3n) is 4.98. The number of benzene rings is 2. The van der Waals surface area contributed by atoms with Gasteiger partial charge in [-0.3, -0.25) is 4.79 Å². The normalized spacial score (nSPS) is 18.3. The van der Waals surface area contributed by atoms with Crippen LogP contribution in [0.25, 0.3) is 0 Å². The lowest BCUT2D eigenvalue weighted by molar-refractivity contribution is -0.120. The number of hydrogen-bond donors (Lipinski definition) is 2. The van der Waals surface area contributed by atoms with Crippen molar-refractivity contribution in [3.8, 4) is 5.75 Å². The first kappa shape index (κ1) is 22.7. The molecule has 3 N–H and O–H groups in total. The molecule has 0 radical (unpaired) electrons. The predicted molar refractivity (Wildman–Crippen MR) is 114 cm³/mol. The zero-order valence-corrected chi connectivity index (χ0v) is 17.2. The Morgan fingerprint density at radius 2 is 1.90 bits per heavy atom. The van der Waals surface area contributed by atoms with E-state index in [4.69, 9.17) is 15.2 Å². The fraction of sp³-hybridized carbons (Fsp3) is 0.364. The summed E-state index contributed by atoms with van der Waals surface area (Å²) >= 11 is 0. The van der Waals surface area contributed by atoms with Crippen molar-refractivity contribution in [3.05, 3.63) is 59.7 Å². The Morgan fingerprint density at radius 3 is 2.59 bits per heavy atom. The highest BCUT2D eigenvalue weighted by atomic mass is 35.5. The second-order valence-electron chi connectivity index (χ2n) is 7.09. The zero-order chi connectivity index (χ0) is 19.9. The number of esters is 1. The Hall–Kier alpha value is -2.57. The number of hydrogen-bond acceptors (Lipinski definition) is 5. The van der Waals surface area contributed by atoms with Gasteiger partial charge in [0.2, 0.25) is 5.91 Å². The number of carbonyl (C=O) groups is 2. The molecule has 0 aromatic heterocycles. The molecule has 2 aromatic rings. The van der Waals surface area contributed by atoms with E-state index in [2.05, 4.69) is 5.32 Å². The molecule has 1 aliphatic carbocycles. The molecule has 0 aliphatic heterocycles. The number of nitrogens with one attached hydrogen (secondary N) is 1. The molecule has 2 unspecified atom stereocenters. The number of rotatable bonds is 6. The fourth-order valence-electron chi connectivity index (χ4n) is 3.43. The van der Waals surface area contributed by atoms with Gasteiger partial charge in [-0.1, -0.05) is 36.8 Å². The summed E-state index contributed by atoms with van der Waals surface area (Å²) in [6, 6.07) is 14.7. The topological polar surface area (TPSA) is 90.6 Å². The van der Waals surface area contributed by atoms with Crippen LogP contribution >= 0.6 is 12.4 Å². The summed E-state index contributed by atoms with van der Waals surface area (Å²) in [6.07, 6.45) is 3.38. The van der Waals surface area contributed by atoms with E-state index in [0.717, 1.165) is 24.8 Å². The maximum atomic E-state index is 12.8. The lowest BCUT2D eigenvalue weighted by Gasteiger charge is -2.26. The zero-order valence-electron chi connectivity index (χ0n) is 16.4. The van der Waals surface area contributed by atoms with Crippen LogP contribution in [-0.2, 0) is 16.1 Å². The van der Waals surface area contributed by atoms with Crippen molar-refractivity contribution in [2.75, 3.05) is 12.4 Å². The molecule has 1 saturated carbocycles. The Labute approximate surface area is 177 Å². The summed E-state index contributed by atoms with van der Waals surface area (Å²) in [5.74, 6) is -0.191. The van der Waals surface area contributed by atoms with Crippen LogP contribution in [0.15, 0.2) is 48.5 Å². The van der Waals surface area contributed by atoms with Gasteiger partial charge < -0.3 is 20.5 Å². The van der Waals surface area contributed by atoms with E-state index in [-0.39, 0.29) is 30.3 Å². The predicted octanol–water partition coefficient (Wildman–Crippen LogP) is 3.93. The van der Waals surface area contributed by atoms with E-state index in [9.17, 15) is 9.59 Å². The SMILES string of the molecule is COC(=O)c1ccc(OCc2ccccc2)c(NC(=O)C2CCCC(N)C2)c1.Cl. The van der Waals surface area contributed by atoms with Crippen molar-refractivity contribution in [3.63, 3.8) is 0 Å². The van der Waals surface area contributed by atoms with Gasteiger partial charge >= 0.3 is 5.97 Å². The molecule has 2 aromatic carbocycles. The van der Waals surface area contributed by atoms with Crippen molar-refractivity contribution in [1.82, 2.24) is 0 Å². The van der Waals surface area contributed by atoms with E-state index in [1.807, 2.05) is 30.3 Å². The molecule has 6 nitrogen and oxygen atoms in total. The molecule has 2 atom stereocenters. The van der Waals surface area contributed by atoms with Crippen LogP contribution in [-0.4, -0.2) is 25.0 Å². The fourth-order valence-corrected chi connectivity index (χ4v) is 3.43. The molecule has 1 amide bonds. The number of anilines is 1. The minimum atomic E-state index is -0.468. The summed E-state index contributed by atoms with van der Waals surface area (Å²) in [6.45, 7) is 0.357. The first-order valence-electron chi connectivity index (χ1n) is 9.52. The highest BCUT2D eigenvalue weighted by molar-refractivity contribution is 5.97. The van der Waals surface area contributed by atoms with E-state index >= 15 is 0 Å². The van der Waals surface area contributed by atoms with E-state index in [1.165, 1.54) is 7.11 Å². The van der Waals surface area contributed by atoms with Gasteiger partial charge in [0.05, 0.1) is 18.4 Å². The molecule has 7 heteroatoms. The van der Waals surface area contributed by atoms with Gasteiger partial charge in [-0.05, 0) is 43.0 Å². The van der Waals surface area contributed by atoms with Crippen molar-refractivity contribution in [2.45, 2.75) is 38.3 Å². The molecule has 0 saturated heterocycles. The standard InChI is InChI=1S/C22H26N2O4.ClH/c1-27-22(26)17-10-11-20(28-14-15-6-3-2-4-7-15)19(13-17)24-21(25)16-8-5-9-18(23)12-16;/h2-4,6-7,10-11,13,16,18H,5,8-9,12,14,23H2,1H3,(H,24,25);1H. The Balaban J connectivity index is 0.00000300. The van der Waals surface area contributed by atoms with E-state index < -0.39 is 5.97 Å². The van der Waals surface area contributed by atoms with Gasteiger partial charge in [-0.15, -0.1) is 12.4 Å². The number of amides is 1. The van der Waals surface area contributed by atoms with Crippen LogP contribution in [0.4, 0.5) is 5.69 Å². The quantitative estimate of drug-likeness (QED) is 0.693. The number of nitrogens with two attached hydrogens (primary N) is 1. The molecular weight excluding hydrogens is 392 g/mol. The maximum Gasteiger partial charge on any atom is 0.337 e. The lowest BCUT2D eigenvalue weighted by atomic mass is 9.85. The summed E-state index contributed by atoms with van der Waals surface area (Å²) < 4.78 is 10.7. The van der Waals surface area contributed by atoms with Gasteiger partial charge in [0.15, 0.2) is 0 Å². The Bertz CT molecular complexity index is 829. The average Bonchev–Trinajstić information content (AvgIpc) is 2.73. The molecule has 29 heavy (non-hydrogen) atoms. The average molecular weight is 419 g/mol. The second-order valence-corrected chi connectivity index (χ2v) is 7.09. The molecule has 0 spiro atoms. The number of carbonyl (C=O) groups excluding carboxylic acids is 2. The Morgan fingerprint density at radius 1 is 1.14 bits per heavy atom. The second kappa shape index (κ2) is 10.8. The molecule has 1 aliphatic rings. The first-order valence-corrected chi connectivity index (χ1v) is 9.52. The molecule has 3 rings (SSSR count). The van der Waals surface area contributed by atoms with Crippen molar-refractivity contribution in [2.24, 2.45) is 11.7 Å². The monoisotopic (exact) mass is 418 g/mol. The smallest absolute Gasteiger partial charge is 0.337 e. The van der Waals surface area contributed by atoms with Crippen LogP contribution in [0.3, 0.4) is 0 Å². The number of methoxy groups -OCH3 is 1. The van der Waals surface area contributed by atoms with Crippen molar-refractivity contribution >= 4 is 30.0 Å². The third kappa shape index (κ3) is 6.21. The summed E-state index contributed by atoms with van der Waals surface area (Å²) in [5.41, 5.74) is 7.84. The van der Waals surface area contributed by atoms with Gasteiger partial charge in [0, 0.05) is 12.0 Å². The third-order valence-corrected chi connectivity index (χ3v) is 4.98. The van der Waals surface area contributed by atoms with Crippen molar-refractivity contribution in [1.29, 1.82) is 0 Å². The van der Waals surface area contributed by atoms with Crippen LogP contribution in [0.2, 0.25) is 0 Å². The van der Waals surface area contributed by atoms with Gasteiger partial charge in [0.1, 0.15) is 12.4 Å². The minimum absolute atomic E-state index is 0. The Kier molecular flexibility index (Phi) is 8.49. The van der Waals surface area contributed by atoms with E-state index in [1.54, 1.807) is 18.2 Å². The highest BCUT2D eigenvalue weighted by Crippen LogP contribution is 2.30. The highest BCUT2D eigenvalue weighted by Gasteiger charge is 2.26. The minimum Gasteiger partial charge on any atom is -0.487 e. The van der Waals surface area contributed by atoms with Crippen LogP contribution < -0.4 is 15.8 Å². The molecule has 0 bridgehead atoms. The van der Waals surface area contributed by atoms with Gasteiger partial charge in [-0.2, -0.15) is 0 Å². The van der Waals surface area contributed by atoms with E-state index in [0.29, 0.717) is 30.0 Å². The lowest BCUT2D eigenvalue weighted by Crippen LogP contribution is -2.34. The largest absolute Gasteiger partial charge is 0.487 e. The van der Waals surface area contributed by atoms with Gasteiger partial charge in [0.25, 0.3) is 0 Å². The number of halogens is 1. The van der Waals surface area contributed by atoms with Crippen LogP contribution in [0, 0.1) is 5.92 Å². The molecule has 0 heterocycles. The summed E-state index contributed by atoms with van der Waals surface area (Å²) in [4.78, 5) is 24.6. The summed E-state index contributed by atoms with van der Waals surface area (Å²) in [5, 5.41) is 2.93. The molecule has 156 valence electrons. The number of ether oxygens (including phenoxy) is 2. The van der Waals surface area contributed by atoms with Crippen LogP contribution in [0.5, 0.6) is 5.75 Å². The maximum absolute atomic E-state index is 12.8.